The molecule has 0 N–H and O–H groups in total. The summed E-state index contributed by atoms with van der Waals surface area (Å²) in [7, 11) is 0. The summed E-state index contributed by atoms with van der Waals surface area (Å²) in [5.41, 5.74) is -0.547. The maximum absolute atomic E-state index is 13.5. The summed E-state index contributed by atoms with van der Waals surface area (Å²) < 4.78 is 57.8. The summed E-state index contributed by atoms with van der Waals surface area (Å²) in [6.45, 7) is 2.35. The van der Waals surface area contributed by atoms with E-state index in [1.807, 2.05) is 0 Å². The van der Waals surface area contributed by atoms with Gasteiger partial charge >= 0.3 is 6.11 Å². The molecule has 0 saturated carbocycles. The SMILES string of the molecule is Cc1cc(F)c2c(c1)C(F)(F)OC(C)(F)C2. The molecular formula is C11H10F4O. The minimum atomic E-state index is -3.79. The average Bonchev–Trinajstić information content (AvgIpc) is 2.05. The van der Waals surface area contributed by atoms with E-state index in [0.29, 0.717) is 5.56 Å². The molecule has 1 aliphatic rings. The normalized spacial score (nSPS) is 27.6. The van der Waals surface area contributed by atoms with E-state index in [-0.39, 0.29) is 5.56 Å². The molecule has 16 heavy (non-hydrogen) atoms. The lowest BCUT2D eigenvalue weighted by Crippen LogP contribution is -2.40. The molecule has 0 aliphatic carbocycles. The highest BCUT2D eigenvalue weighted by molar-refractivity contribution is 5.37. The topological polar surface area (TPSA) is 9.23 Å². The predicted molar refractivity (Wildman–Crippen MR) is 49.3 cm³/mol. The standard InChI is InChI=1S/C11H10F4O/c1-6-3-8-7(9(12)4-6)5-10(2,13)16-11(8,14)15/h3-4H,5H2,1-2H3. The Bertz CT molecular complexity index is 440. The fraction of sp³-hybridized carbons (Fsp3) is 0.455. The number of aryl methyl sites for hydroxylation is 1. The van der Waals surface area contributed by atoms with Gasteiger partial charge in [0.05, 0.1) is 5.56 Å². The Morgan fingerprint density at radius 3 is 2.50 bits per heavy atom. The van der Waals surface area contributed by atoms with Crippen LogP contribution >= 0.6 is 0 Å². The van der Waals surface area contributed by atoms with Crippen LogP contribution in [0.1, 0.15) is 23.6 Å². The Morgan fingerprint density at radius 2 is 1.88 bits per heavy atom. The number of ether oxygens (including phenoxy) is 1. The van der Waals surface area contributed by atoms with E-state index in [2.05, 4.69) is 4.74 Å². The van der Waals surface area contributed by atoms with E-state index < -0.39 is 29.8 Å². The zero-order valence-electron chi connectivity index (χ0n) is 8.78. The molecule has 0 radical (unpaired) electrons. The van der Waals surface area contributed by atoms with Gasteiger partial charge in [0, 0.05) is 12.0 Å². The number of fused-ring (bicyclic) bond motifs is 1. The fourth-order valence-corrected chi connectivity index (χ4v) is 1.89. The molecule has 1 aromatic carbocycles. The molecule has 0 saturated heterocycles. The quantitative estimate of drug-likeness (QED) is 0.625. The molecule has 0 spiro atoms. The first-order chi connectivity index (χ1) is 7.21. The van der Waals surface area contributed by atoms with Crippen molar-refractivity contribution in [1.29, 1.82) is 0 Å². The number of alkyl halides is 3. The van der Waals surface area contributed by atoms with Gasteiger partial charge in [-0.05, 0) is 31.5 Å². The van der Waals surface area contributed by atoms with Crippen LogP contribution in [0, 0.1) is 12.7 Å². The summed E-state index contributed by atoms with van der Waals surface area (Å²) >= 11 is 0. The van der Waals surface area contributed by atoms with Gasteiger partial charge in [-0.1, -0.05) is 0 Å². The first-order valence-corrected chi connectivity index (χ1v) is 4.78. The zero-order valence-corrected chi connectivity index (χ0v) is 8.78. The lowest BCUT2D eigenvalue weighted by Gasteiger charge is -2.34. The third-order valence-electron chi connectivity index (χ3n) is 2.49. The molecule has 0 bridgehead atoms. The van der Waals surface area contributed by atoms with Crippen molar-refractivity contribution in [1.82, 2.24) is 0 Å². The molecule has 1 nitrogen and oxygen atoms in total. The van der Waals surface area contributed by atoms with Crippen molar-refractivity contribution < 1.29 is 22.3 Å². The molecule has 1 atom stereocenters. The summed E-state index contributed by atoms with van der Waals surface area (Å²) in [5.74, 6) is -3.37. The van der Waals surface area contributed by atoms with Crippen LogP contribution in [0.5, 0.6) is 0 Å². The highest BCUT2D eigenvalue weighted by Crippen LogP contribution is 2.44. The number of benzene rings is 1. The van der Waals surface area contributed by atoms with Crippen molar-refractivity contribution in [2.24, 2.45) is 0 Å². The van der Waals surface area contributed by atoms with Gasteiger partial charge < -0.3 is 0 Å². The van der Waals surface area contributed by atoms with Gasteiger partial charge in [0.2, 0.25) is 5.85 Å². The van der Waals surface area contributed by atoms with Crippen LogP contribution in [-0.2, 0) is 17.3 Å². The smallest absolute Gasteiger partial charge is 0.279 e. The van der Waals surface area contributed by atoms with Crippen LogP contribution in [0.4, 0.5) is 17.6 Å². The monoisotopic (exact) mass is 234 g/mol. The first kappa shape index (κ1) is 11.4. The Hall–Kier alpha value is -1.10. The highest BCUT2D eigenvalue weighted by Gasteiger charge is 2.49. The number of rotatable bonds is 0. The second kappa shape index (κ2) is 3.20. The summed E-state index contributed by atoms with van der Waals surface area (Å²) in [6.07, 6.45) is -4.30. The van der Waals surface area contributed by atoms with Crippen molar-refractivity contribution >= 4 is 0 Å². The van der Waals surface area contributed by atoms with Crippen LogP contribution in [0.15, 0.2) is 12.1 Å². The van der Waals surface area contributed by atoms with E-state index in [1.54, 1.807) is 0 Å². The third-order valence-corrected chi connectivity index (χ3v) is 2.49. The van der Waals surface area contributed by atoms with Crippen LogP contribution in [0.25, 0.3) is 0 Å². The molecule has 5 heteroatoms. The van der Waals surface area contributed by atoms with Crippen molar-refractivity contribution in [3.63, 3.8) is 0 Å². The second-order valence-corrected chi connectivity index (χ2v) is 4.17. The van der Waals surface area contributed by atoms with Gasteiger partial charge in [-0.3, -0.25) is 4.74 Å². The van der Waals surface area contributed by atoms with Crippen LogP contribution < -0.4 is 0 Å². The van der Waals surface area contributed by atoms with Gasteiger partial charge in [-0.25, -0.2) is 8.78 Å². The Balaban J connectivity index is 2.64. The summed E-state index contributed by atoms with van der Waals surface area (Å²) in [4.78, 5) is 0. The lowest BCUT2D eigenvalue weighted by molar-refractivity contribution is -0.343. The van der Waals surface area contributed by atoms with Crippen molar-refractivity contribution in [2.45, 2.75) is 32.2 Å². The average molecular weight is 234 g/mol. The van der Waals surface area contributed by atoms with Gasteiger partial charge in [0.15, 0.2) is 0 Å². The van der Waals surface area contributed by atoms with Crippen LogP contribution in [0.3, 0.4) is 0 Å². The number of halogens is 4. The molecule has 0 aromatic heterocycles. The third kappa shape index (κ3) is 1.80. The van der Waals surface area contributed by atoms with Crippen molar-refractivity contribution in [3.8, 4) is 0 Å². The predicted octanol–water partition coefficient (Wildman–Crippen LogP) is 3.44. The molecule has 1 unspecified atom stereocenters. The second-order valence-electron chi connectivity index (χ2n) is 4.17. The minimum Gasteiger partial charge on any atom is -0.279 e. The van der Waals surface area contributed by atoms with E-state index in [9.17, 15) is 17.6 Å². The van der Waals surface area contributed by atoms with E-state index in [4.69, 9.17) is 0 Å². The summed E-state index contributed by atoms with van der Waals surface area (Å²) in [6, 6.07) is 2.23. The Labute approximate surface area is 90.0 Å². The maximum atomic E-state index is 13.5. The van der Waals surface area contributed by atoms with E-state index in [0.717, 1.165) is 19.1 Å². The van der Waals surface area contributed by atoms with E-state index in [1.165, 1.54) is 6.92 Å². The molecular weight excluding hydrogens is 224 g/mol. The van der Waals surface area contributed by atoms with Gasteiger partial charge in [0.1, 0.15) is 5.82 Å². The molecule has 1 aromatic rings. The van der Waals surface area contributed by atoms with Crippen molar-refractivity contribution in [3.05, 3.63) is 34.6 Å². The van der Waals surface area contributed by atoms with Crippen LogP contribution in [-0.4, -0.2) is 5.85 Å². The molecule has 0 fully saturated rings. The molecule has 1 aliphatic heterocycles. The molecule has 1 heterocycles. The lowest BCUT2D eigenvalue weighted by atomic mass is 9.94. The fourth-order valence-electron chi connectivity index (χ4n) is 1.89. The Kier molecular flexibility index (Phi) is 2.28. The minimum absolute atomic E-state index is 0.313. The molecule has 0 amide bonds. The molecule has 88 valence electrons. The highest BCUT2D eigenvalue weighted by atomic mass is 19.3. The van der Waals surface area contributed by atoms with Gasteiger partial charge in [0.25, 0.3) is 0 Å². The Morgan fingerprint density at radius 1 is 1.25 bits per heavy atom. The largest absolute Gasteiger partial charge is 0.386 e. The van der Waals surface area contributed by atoms with Gasteiger partial charge in [-0.15, -0.1) is 0 Å². The van der Waals surface area contributed by atoms with Crippen LogP contribution in [0.2, 0.25) is 0 Å². The van der Waals surface area contributed by atoms with E-state index >= 15 is 0 Å². The maximum Gasteiger partial charge on any atom is 0.386 e. The zero-order chi connectivity index (χ0) is 12.1. The number of hydrogen-bond acceptors (Lipinski definition) is 1. The summed E-state index contributed by atoms with van der Waals surface area (Å²) in [5, 5.41) is 0. The van der Waals surface area contributed by atoms with Gasteiger partial charge in [-0.2, -0.15) is 8.78 Å². The number of hydrogen-bond donors (Lipinski definition) is 0. The molecule has 2 rings (SSSR count). The van der Waals surface area contributed by atoms with Crippen molar-refractivity contribution in [2.75, 3.05) is 0 Å². The first-order valence-electron chi connectivity index (χ1n) is 4.78.